The highest BCUT2D eigenvalue weighted by molar-refractivity contribution is 9.10. The third-order valence-electron chi connectivity index (χ3n) is 4.88. The zero-order valence-electron chi connectivity index (χ0n) is 20.7. The maximum absolute atomic E-state index is 13.2. The average Bonchev–Trinajstić information content (AvgIpc) is 2.77. The molecule has 10 heteroatoms. The van der Waals surface area contributed by atoms with Gasteiger partial charge in [-0.2, -0.15) is 9.78 Å². The van der Waals surface area contributed by atoms with Crippen molar-refractivity contribution in [2.45, 2.75) is 47.5 Å². The van der Waals surface area contributed by atoms with Crippen molar-refractivity contribution >= 4 is 38.7 Å². The lowest BCUT2D eigenvalue weighted by molar-refractivity contribution is -0.386. The van der Waals surface area contributed by atoms with Crippen molar-refractivity contribution in [3.8, 4) is 11.5 Å². The second-order valence-electron chi connectivity index (χ2n) is 9.55. The lowest BCUT2D eigenvalue weighted by Crippen LogP contribution is -2.23. The molecule has 1 heterocycles. The summed E-state index contributed by atoms with van der Waals surface area (Å²) in [6.07, 6.45) is 1.39. The van der Waals surface area contributed by atoms with Crippen LogP contribution in [0.2, 0.25) is 0 Å². The van der Waals surface area contributed by atoms with E-state index in [1.54, 1.807) is 25.1 Å². The molecule has 0 spiro atoms. The molecular weight excluding hydrogens is 516 g/mol. The van der Waals surface area contributed by atoms with E-state index in [1.165, 1.54) is 17.0 Å². The van der Waals surface area contributed by atoms with Crippen LogP contribution in [0.5, 0.6) is 11.5 Å². The number of hydrogen-bond acceptors (Lipinski definition) is 7. The molecule has 0 atom stereocenters. The van der Waals surface area contributed by atoms with Crippen molar-refractivity contribution in [1.29, 1.82) is 0 Å². The largest absolute Gasteiger partial charge is 0.490 e. The number of nitro groups is 1. The fraction of sp³-hybridized carbons (Fsp3) is 0.400. The molecular formula is C25H29BrN4O5. The second kappa shape index (κ2) is 10.6. The van der Waals surface area contributed by atoms with Crippen molar-refractivity contribution < 1.29 is 14.4 Å². The van der Waals surface area contributed by atoms with Crippen LogP contribution in [-0.2, 0) is 0 Å². The normalized spacial score (nSPS) is 12.0. The van der Waals surface area contributed by atoms with Gasteiger partial charge in [0.2, 0.25) is 5.75 Å². The Hall–Kier alpha value is -3.27. The Bertz CT molecular complexity index is 1340. The summed E-state index contributed by atoms with van der Waals surface area (Å²) < 4.78 is 13.5. The molecule has 0 aliphatic heterocycles. The van der Waals surface area contributed by atoms with Gasteiger partial charge in [-0.15, -0.1) is 0 Å². The minimum Gasteiger partial charge on any atom is -0.490 e. The topological polar surface area (TPSA) is 109 Å². The molecule has 0 fully saturated rings. The fourth-order valence-corrected chi connectivity index (χ4v) is 3.65. The number of nitro benzene ring substituents is 1. The number of benzene rings is 2. The molecule has 0 N–H and O–H groups in total. The number of halogens is 1. The predicted octanol–water partition coefficient (Wildman–Crippen LogP) is 5.90. The van der Waals surface area contributed by atoms with Gasteiger partial charge in [0, 0.05) is 22.0 Å². The third-order valence-corrected chi connectivity index (χ3v) is 5.37. The summed E-state index contributed by atoms with van der Waals surface area (Å²) in [7, 11) is 0. The van der Waals surface area contributed by atoms with Gasteiger partial charge in [0.15, 0.2) is 5.75 Å². The maximum atomic E-state index is 13.2. The Kier molecular flexibility index (Phi) is 7.94. The number of rotatable bonds is 8. The van der Waals surface area contributed by atoms with Gasteiger partial charge in [-0.05, 0) is 36.6 Å². The van der Waals surface area contributed by atoms with Gasteiger partial charge in [-0.1, -0.05) is 50.5 Å². The van der Waals surface area contributed by atoms with E-state index < -0.39 is 4.92 Å². The Labute approximate surface area is 212 Å². The molecule has 0 saturated heterocycles. The Balaban J connectivity index is 2.14. The van der Waals surface area contributed by atoms with Crippen LogP contribution in [-0.4, -0.2) is 34.0 Å². The second-order valence-corrected chi connectivity index (χ2v) is 10.5. The van der Waals surface area contributed by atoms with Crippen molar-refractivity contribution in [1.82, 2.24) is 9.66 Å². The molecule has 0 amide bonds. The zero-order chi connectivity index (χ0) is 25.9. The molecule has 0 radical (unpaired) electrons. The van der Waals surface area contributed by atoms with E-state index in [4.69, 9.17) is 9.47 Å². The van der Waals surface area contributed by atoms with Gasteiger partial charge in [-0.25, -0.2) is 4.98 Å². The van der Waals surface area contributed by atoms with Gasteiger partial charge >= 0.3 is 5.69 Å². The summed E-state index contributed by atoms with van der Waals surface area (Å²) in [5.74, 6) is 0.700. The highest BCUT2D eigenvalue weighted by Gasteiger charge is 2.24. The SMILES string of the molecule is CCOc1cc(C=Nn2c(C(C)C)nc3ccc(Br)cc3c2=O)cc([N+](=O)[O-])c1OCC(C)(C)C. The summed E-state index contributed by atoms with van der Waals surface area (Å²) >= 11 is 3.39. The number of nitrogens with zero attached hydrogens (tertiary/aromatic N) is 4. The van der Waals surface area contributed by atoms with Crippen LogP contribution < -0.4 is 15.0 Å². The standard InChI is InChI=1S/C25H29BrN4O5/c1-7-34-21-11-16(10-20(30(32)33)22(21)35-14-25(4,5)6)13-27-29-23(15(2)3)28-19-9-8-17(26)12-18(19)24(29)31/h8-13,15H,7,14H2,1-6H3. The highest BCUT2D eigenvalue weighted by Crippen LogP contribution is 2.39. The molecule has 35 heavy (non-hydrogen) atoms. The lowest BCUT2D eigenvalue weighted by Gasteiger charge is -2.20. The molecule has 186 valence electrons. The molecule has 0 aliphatic carbocycles. The maximum Gasteiger partial charge on any atom is 0.315 e. The number of fused-ring (bicyclic) bond motifs is 1. The van der Waals surface area contributed by atoms with Crippen molar-refractivity contribution in [2.24, 2.45) is 10.5 Å². The minimum absolute atomic E-state index is 0.0705. The van der Waals surface area contributed by atoms with E-state index in [-0.39, 0.29) is 40.7 Å². The Morgan fingerprint density at radius 1 is 1.23 bits per heavy atom. The van der Waals surface area contributed by atoms with E-state index >= 15 is 0 Å². The van der Waals surface area contributed by atoms with Crippen LogP contribution in [0.25, 0.3) is 10.9 Å². The van der Waals surface area contributed by atoms with E-state index in [0.29, 0.717) is 28.9 Å². The van der Waals surface area contributed by atoms with E-state index in [1.807, 2.05) is 40.7 Å². The summed E-state index contributed by atoms with van der Waals surface area (Å²) in [4.78, 5) is 29.2. The van der Waals surface area contributed by atoms with Crippen LogP contribution in [0.3, 0.4) is 0 Å². The van der Waals surface area contributed by atoms with Crippen LogP contribution in [0, 0.1) is 15.5 Å². The van der Waals surface area contributed by atoms with E-state index in [0.717, 1.165) is 4.47 Å². The first-order chi connectivity index (χ1) is 16.4. The van der Waals surface area contributed by atoms with E-state index in [9.17, 15) is 14.9 Å². The van der Waals surface area contributed by atoms with Crippen LogP contribution in [0.15, 0.2) is 44.7 Å². The van der Waals surface area contributed by atoms with Gasteiger partial charge in [-0.3, -0.25) is 14.9 Å². The average molecular weight is 545 g/mol. The van der Waals surface area contributed by atoms with Crippen LogP contribution >= 0.6 is 15.9 Å². The van der Waals surface area contributed by atoms with Crippen LogP contribution in [0.1, 0.15) is 58.8 Å². The molecule has 0 unspecified atom stereocenters. The molecule has 2 aromatic carbocycles. The summed E-state index contributed by atoms with van der Waals surface area (Å²) in [6, 6.07) is 8.26. The highest BCUT2D eigenvalue weighted by atomic mass is 79.9. The summed E-state index contributed by atoms with van der Waals surface area (Å²) in [5, 5.41) is 16.6. The van der Waals surface area contributed by atoms with Gasteiger partial charge in [0.1, 0.15) is 5.82 Å². The third kappa shape index (κ3) is 6.25. The van der Waals surface area contributed by atoms with E-state index in [2.05, 4.69) is 26.0 Å². The number of aromatic nitrogens is 2. The quantitative estimate of drug-likeness (QED) is 0.198. The first-order valence-electron chi connectivity index (χ1n) is 11.3. The van der Waals surface area contributed by atoms with Gasteiger partial charge in [0.25, 0.3) is 5.56 Å². The zero-order valence-corrected chi connectivity index (χ0v) is 22.2. The monoisotopic (exact) mass is 544 g/mol. The number of ether oxygens (including phenoxy) is 2. The Morgan fingerprint density at radius 3 is 2.54 bits per heavy atom. The molecule has 0 aliphatic rings. The van der Waals surface area contributed by atoms with Gasteiger partial charge < -0.3 is 9.47 Å². The first-order valence-corrected chi connectivity index (χ1v) is 12.0. The predicted molar refractivity (Wildman–Crippen MR) is 140 cm³/mol. The number of hydrogen-bond donors (Lipinski definition) is 0. The van der Waals surface area contributed by atoms with Crippen molar-refractivity contribution in [2.75, 3.05) is 13.2 Å². The lowest BCUT2D eigenvalue weighted by atomic mass is 9.98. The molecule has 3 aromatic rings. The Morgan fingerprint density at radius 2 is 1.94 bits per heavy atom. The van der Waals surface area contributed by atoms with Crippen LogP contribution in [0.4, 0.5) is 5.69 Å². The molecule has 0 saturated carbocycles. The summed E-state index contributed by atoms with van der Waals surface area (Å²) in [6.45, 7) is 12.1. The fourth-order valence-electron chi connectivity index (χ4n) is 3.29. The van der Waals surface area contributed by atoms with Crippen molar-refractivity contribution in [3.05, 3.63) is 66.7 Å². The summed E-state index contributed by atoms with van der Waals surface area (Å²) in [5.41, 5.74) is 0.186. The molecule has 1 aromatic heterocycles. The smallest absolute Gasteiger partial charge is 0.315 e. The van der Waals surface area contributed by atoms with Gasteiger partial charge in [0.05, 0.1) is 35.3 Å². The van der Waals surface area contributed by atoms with Crippen molar-refractivity contribution in [3.63, 3.8) is 0 Å². The molecule has 9 nitrogen and oxygen atoms in total. The molecule has 3 rings (SSSR count). The first kappa shape index (κ1) is 26.3. The minimum atomic E-state index is -0.515. The molecule has 0 bridgehead atoms.